The van der Waals surface area contributed by atoms with Crippen LogP contribution in [0.25, 0.3) is 0 Å². The van der Waals surface area contributed by atoms with Gasteiger partial charge in [0.05, 0.1) is 5.56 Å². The summed E-state index contributed by atoms with van der Waals surface area (Å²) in [5.41, 5.74) is -0.242. The highest BCUT2D eigenvalue weighted by Crippen LogP contribution is 2.20. The molecule has 18 heavy (non-hydrogen) atoms. The number of aliphatic hydroxyl groups is 1. The number of aliphatic hydroxyl groups excluding tert-OH is 1. The SMILES string of the molecule is O=C(c1cccc(F)c1F)N1CCCC(CO)C1. The van der Waals surface area contributed by atoms with Gasteiger partial charge >= 0.3 is 0 Å². The molecule has 0 bridgehead atoms. The summed E-state index contributed by atoms with van der Waals surface area (Å²) in [6.07, 6.45) is 1.62. The third-order valence-corrected chi connectivity index (χ3v) is 3.25. The number of nitrogens with zero attached hydrogens (tertiary/aromatic N) is 1. The number of likely N-dealkylation sites (tertiary alicyclic amines) is 1. The number of benzene rings is 1. The number of hydrogen-bond donors (Lipinski definition) is 1. The first-order chi connectivity index (χ1) is 8.63. The van der Waals surface area contributed by atoms with Gasteiger partial charge in [0.25, 0.3) is 5.91 Å². The zero-order chi connectivity index (χ0) is 13.1. The summed E-state index contributed by atoms with van der Waals surface area (Å²) >= 11 is 0. The fourth-order valence-corrected chi connectivity index (χ4v) is 2.24. The molecule has 1 aliphatic heterocycles. The molecule has 1 saturated heterocycles. The summed E-state index contributed by atoms with van der Waals surface area (Å²) in [6, 6.07) is 3.58. The number of carbonyl (C=O) groups excluding carboxylic acids is 1. The van der Waals surface area contributed by atoms with Gasteiger partial charge in [0.15, 0.2) is 11.6 Å². The summed E-state index contributed by atoms with van der Waals surface area (Å²) in [5.74, 6) is -2.60. The van der Waals surface area contributed by atoms with E-state index < -0.39 is 17.5 Å². The van der Waals surface area contributed by atoms with E-state index in [0.29, 0.717) is 13.1 Å². The number of halogens is 2. The Morgan fingerprint density at radius 3 is 2.94 bits per heavy atom. The normalized spacial score (nSPS) is 19.9. The third-order valence-electron chi connectivity index (χ3n) is 3.25. The van der Waals surface area contributed by atoms with Gasteiger partial charge in [0, 0.05) is 19.7 Å². The fraction of sp³-hybridized carbons (Fsp3) is 0.462. The second-order valence-electron chi connectivity index (χ2n) is 4.54. The van der Waals surface area contributed by atoms with E-state index in [1.165, 1.54) is 17.0 Å². The molecule has 0 aliphatic carbocycles. The molecule has 5 heteroatoms. The molecule has 98 valence electrons. The van der Waals surface area contributed by atoms with Crippen molar-refractivity contribution in [1.29, 1.82) is 0 Å². The molecule has 1 aliphatic rings. The zero-order valence-electron chi connectivity index (χ0n) is 9.90. The van der Waals surface area contributed by atoms with E-state index in [1.807, 2.05) is 0 Å². The van der Waals surface area contributed by atoms with Crippen LogP contribution in [-0.4, -0.2) is 35.6 Å². The smallest absolute Gasteiger partial charge is 0.256 e. The molecule has 0 radical (unpaired) electrons. The van der Waals surface area contributed by atoms with Gasteiger partial charge in [-0.3, -0.25) is 4.79 Å². The Hall–Kier alpha value is -1.49. The lowest BCUT2D eigenvalue weighted by atomic mass is 9.98. The van der Waals surface area contributed by atoms with Crippen molar-refractivity contribution >= 4 is 5.91 Å². The second-order valence-corrected chi connectivity index (χ2v) is 4.54. The maximum absolute atomic E-state index is 13.5. The number of piperidine rings is 1. The Balaban J connectivity index is 2.18. The van der Waals surface area contributed by atoms with Gasteiger partial charge in [0.1, 0.15) is 0 Å². The summed E-state index contributed by atoms with van der Waals surface area (Å²) in [6.45, 7) is 0.923. The fourth-order valence-electron chi connectivity index (χ4n) is 2.24. The summed E-state index contributed by atoms with van der Waals surface area (Å²) in [7, 11) is 0. The van der Waals surface area contributed by atoms with E-state index in [2.05, 4.69) is 0 Å². The second kappa shape index (κ2) is 5.44. The highest BCUT2D eigenvalue weighted by atomic mass is 19.2. The number of carbonyl (C=O) groups is 1. The van der Waals surface area contributed by atoms with Crippen molar-refractivity contribution in [3.63, 3.8) is 0 Å². The van der Waals surface area contributed by atoms with Gasteiger partial charge in [-0.15, -0.1) is 0 Å². The highest BCUT2D eigenvalue weighted by molar-refractivity contribution is 5.94. The van der Waals surface area contributed by atoms with Crippen LogP contribution in [0.3, 0.4) is 0 Å². The lowest BCUT2D eigenvalue weighted by Crippen LogP contribution is -2.41. The van der Waals surface area contributed by atoms with E-state index in [0.717, 1.165) is 18.9 Å². The van der Waals surface area contributed by atoms with Gasteiger partial charge in [-0.2, -0.15) is 0 Å². The standard InChI is InChI=1S/C13H15F2NO2/c14-11-5-1-4-10(12(11)15)13(18)16-6-2-3-9(7-16)8-17/h1,4-5,9,17H,2-3,6-8H2. The molecule has 1 N–H and O–H groups in total. The topological polar surface area (TPSA) is 40.5 Å². The van der Waals surface area contributed by atoms with Gasteiger partial charge in [-0.25, -0.2) is 8.78 Å². The molecular weight excluding hydrogens is 240 g/mol. The molecule has 1 atom stereocenters. The summed E-state index contributed by atoms with van der Waals surface area (Å²) < 4.78 is 26.6. The Morgan fingerprint density at radius 1 is 1.44 bits per heavy atom. The molecular formula is C13H15F2NO2. The van der Waals surface area contributed by atoms with Crippen molar-refractivity contribution < 1.29 is 18.7 Å². The van der Waals surface area contributed by atoms with Gasteiger partial charge in [-0.05, 0) is 30.9 Å². The van der Waals surface area contributed by atoms with Crippen LogP contribution in [0.15, 0.2) is 18.2 Å². The predicted octanol–water partition coefficient (Wildman–Crippen LogP) is 1.81. The first kappa shape index (κ1) is 13.0. The Morgan fingerprint density at radius 2 is 2.22 bits per heavy atom. The maximum Gasteiger partial charge on any atom is 0.256 e. The van der Waals surface area contributed by atoms with Crippen molar-refractivity contribution in [2.45, 2.75) is 12.8 Å². The van der Waals surface area contributed by atoms with E-state index in [9.17, 15) is 13.6 Å². The van der Waals surface area contributed by atoms with Crippen LogP contribution in [-0.2, 0) is 0 Å². The maximum atomic E-state index is 13.5. The quantitative estimate of drug-likeness (QED) is 0.875. The zero-order valence-corrected chi connectivity index (χ0v) is 9.90. The lowest BCUT2D eigenvalue weighted by molar-refractivity contribution is 0.0615. The van der Waals surface area contributed by atoms with Crippen LogP contribution in [0.4, 0.5) is 8.78 Å². The van der Waals surface area contributed by atoms with Crippen LogP contribution in [0.5, 0.6) is 0 Å². The molecule has 1 fully saturated rings. The van der Waals surface area contributed by atoms with E-state index >= 15 is 0 Å². The Kier molecular flexibility index (Phi) is 3.91. The molecule has 1 amide bonds. The highest BCUT2D eigenvalue weighted by Gasteiger charge is 2.26. The first-order valence-corrected chi connectivity index (χ1v) is 5.97. The molecule has 1 unspecified atom stereocenters. The van der Waals surface area contributed by atoms with E-state index in [-0.39, 0.29) is 18.1 Å². The van der Waals surface area contributed by atoms with Crippen molar-refractivity contribution in [2.24, 2.45) is 5.92 Å². The largest absolute Gasteiger partial charge is 0.396 e. The third kappa shape index (κ3) is 2.51. The van der Waals surface area contributed by atoms with E-state index in [1.54, 1.807) is 0 Å². The van der Waals surface area contributed by atoms with Gasteiger partial charge < -0.3 is 10.0 Å². The Labute approximate surface area is 104 Å². The van der Waals surface area contributed by atoms with E-state index in [4.69, 9.17) is 5.11 Å². The predicted molar refractivity (Wildman–Crippen MR) is 62.1 cm³/mol. The average molecular weight is 255 g/mol. The number of hydrogen-bond acceptors (Lipinski definition) is 2. The molecule has 1 aromatic carbocycles. The minimum absolute atomic E-state index is 0.00934. The van der Waals surface area contributed by atoms with Crippen molar-refractivity contribution in [3.8, 4) is 0 Å². The van der Waals surface area contributed by atoms with Gasteiger partial charge in [-0.1, -0.05) is 6.07 Å². The van der Waals surface area contributed by atoms with Crippen LogP contribution in [0, 0.1) is 17.6 Å². The van der Waals surface area contributed by atoms with Crippen molar-refractivity contribution in [2.75, 3.05) is 19.7 Å². The molecule has 3 nitrogen and oxygen atoms in total. The minimum Gasteiger partial charge on any atom is -0.396 e. The molecule has 2 rings (SSSR count). The first-order valence-electron chi connectivity index (χ1n) is 5.97. The molecule has 1 aromatic rings. The monoisotopic (exact) mass is 255 g/mol. The molecule has 0 saturated carbocycles. The average Bonchev–Trinajstić information content (AvgIpc) is 2.41. The molecule has 1 heterocycles. The van der Waals surface area contributed by atoms with Crippen LogP contribution >= 0.6 is 0 Å². The van der Waals surface area contributed by atoms with Crippen LogP contribution in [0.2, 0.25) is 0 Å². The number of rotatable bonds is 2. The van der Waals surface area contributed by atoms with Crippen LogP contribution in [0.1, 0.15) is 23.2 Å². The van der Waals surface area contributed by atoms with Crippen LogP contribution < -0.4 is 0 Å². The van der Waals surface area contributed by atoms with Gasteiger partial charge in [0.2, 0.25) is 0 Å². The lowest BCUT2D eigenvalue weighted by Gasteiger charge is -2.32. The molecule has 0 spiro atoms. The summed E-state index contributed by atoms with van der Waals surface area (Å²) in [4.78, 5) is 13.5. The minimum atomic E-state index is -1.10. The van der Waals surface area contributed by atoms with Crippen molar-refractivity contribution in [1.82, 2.24) is 4.90 Å². The van der Waals surface area contributed by atoms with Crippen molar-refractivity contribution in [3.05, 3.63) is 35.4 Å². The Bertz CT molecular complexity index is 451. The summed E-state index contributed by atoms with van der Waals surface area (Å²) in [5, 5.41) is 9.09. The number of amides is 1. The molecule has 0 aromatic heterocycles.